The van der Waals surface area contributed by atoms with Crippen LogP contribution in [-0.4, -0.2) is 55.7 Å². The predicted molar refractivity (Wildman–Crippen MR) is 145 cm³/mol. The number of aliphatic hydroxyl groups excluding tert-OH is 1. The Morgan fingerprint density at radius 1 is 1.14 bits per heavy atom. The topological polar surface area (TPSA) is 76.1 Å². The zero-order valence-corrected chi connectivity index (χ0v) is 23.6. The van der Waals surface area contributed by atoms with E-state index in [1.165, 1.54) is 4.90 Å². The van der Waals surface area contributed by atoms with Crippen molar-refractivity contribution in [1.29, 1.82) is 0 Å². The van der Waals surface area contributed by atoms with Gasteiger partial charge in [0, 0.05) is 11.6 Å². The van der Waals surface area contributed by atoms with Crippen molar-refractivity contribution in [1.82, 2.24) is 4.90 Å². The molecule has 36 heavy (non-hydrogen) atoms. The lowest BCUT2D eigenvalue weighted by molar-refractivity contribution is -0.137. The Bertz CT molecular complexity index is 1020. The minimum atomic E-state index is -2.00. The molecule has 2 unspecified atom stereocenters. The van der Waals surface area contributed by atoms with Crippen LogP contribution in [0.5, 0.6) is 0 Å². The van der Waals surface area contributed by atoms with Gasteiger partial charge in [-0.05, 0) is 60.7 Å². The molecule has 0 bridgehead atoms. The highest BCUT2D eigenvalue weighted by Gasteiger charge is 2.43. The lowest BCUT2D eigenvalue weighted by atomic mass is 9.90. The molecule has 196 valence electrons. The molecule has 1 aliphatic heterocycles. The predicted octanol–water partition coefficient (Wildman–Crippen LogP) is 5.86. The molecule has 1 heterocycles. The van der Waals surface area contributed by atoms with Crippen LogP contribution in [-0.2, 0) is 26.8 Å². The van der Waals surface area contributed by atoms with E-state index >= 15 is 0 Å². The third-order valence-electron chi connectivity index (χ3n) is 7.35. The number of nitrogens with zero attached hydrogens (tertiary/aromatic N) is 1. The van der Waals surface area contributed by atoms with Crippen molar-refractivity contribution in [2.45, 2.75) is 70.3 Å². The van der Waals surface area contributed by atoms with Gasteiger partial charge in [0.2, 0.25) is 5.91 Å². The van der Waals surface area contributed by atoms with Crippen molar-refractivity contribution in [2.75, 3.05) is 13.2 Å². The Labute approximate surface area is 220 Å². The van der Waals surface area contributed by atoms with Crippen molar-refractivity contribution in [2.24, 2.45) is 5.92 Å². The molecule has 0 spiro atoms. The smallest absolute Gasteiger partial charge is 0.416 e. The highest BCUT2D eigenvalue weighted by molar-refractivity contribution is 6.74. The average molecular weight is 532 g/mol. The van der Waals surface area contributed by atoms with Gasteiger partial charge < -0.3 is 14.3 Å². The molecule has 6 nitrogen and oxygen atoms in total. The van der Waals surface area contributed by atoms with Gasteiger partial charge in [0.1, 0.15) is 6.61 Å². The van der Waals surface area contributed by atoms with Crippen molar-refractivity contribution >= 4 is 31.9 Å². The Hall–Kier alpha value is -2.19. The molecular weight excluding hydrogens is 494 g/mol. The van der Waals surface area contributed by atoms with Gasteiger partial charge in [-0.15, -0.1) is 0 Å². The monoisotopic (exact) mass is 531 g/mol. The maximum absolute atomic E-state index is 13.8. The molecule has 1 saturated heterocycles. The van der Waals surface area contributed by atoms with Crippen LogP contribution in [0.2, 0.25) is 23.2 Å². The molecule has 0 radical (unpaired) electrons. The largest absolute Gasteiger partial charge is 0.447 e. The molecule has 0 saturated carbocycles. The van der Waals surface area contributed by atoms with Gasteiger partial charge in [0.15, 0.2) is 8.32 Å². The molecule has 0 aliphatic carbocycles. The van der Waals surface area contributed by atoms with Gasteiger partial charge in [0.05, 0.1) is 18.1 Å². The maximum atomic E-state index is 13.8. The van der Waals surface area contributed by atoms with E-state index in [9.17, 15) is 14.7 Å². The summed E-state index contributed by atoms with van der Waals surface area (Å²) < 4.78 is 11.5. The van der Waals surface area contributed by atoms with Gasteiger partial charge in [-0.3, -0.25) is 4.79 Å². The van der Waals surface area contributed by atoms with E-state index < -0.39 is 38.4 Å². The molecule has 2 amide bonds. The summed E-state index contributed by atoms with van der Waals surface area (Å²) in [4.78, 5) is 27.7. The Morgan fingerprint density at radius 2 is 1.78 bits per heavy atom. The fourth-order valence-electron chi connectivity index (χ4n) is 4.06. The molecule has 1 fully saturated rings. The Balaban J connectivity index is 1.79. The first-order valence-electron chi connectivity index (χ1n) is 12.5. The number of hydrogen-bond acceptors (Lipinski definition) is 5. The first kappa shape index (κ1) is 28.4. The van der Waals surface area contributed by atoms with Crippen molar-refractivity contribution in [3.63, 3.8) is 0 Å². The quantitative estimate of drug-likeness (QED) is 0.388. The minimum absolute atomic E-state index is 0.0421. The van der Waals surface area contributed by atoms with Crippen LogP contribution < -0.4 is 0 Å². The van der Waals surface area contributed by atoms with Gasteiger partial charge in [-0.2, -0.15) is 0 Å². The third kappa shape index (κ3) is 7.19. The van der Waals surface area contributed by atoms with Crippen LogP contribution in [0.25, 0.3) is 0 Å². The number of cyclic esters (lactones) is 1. The third-order valence-corrected chi connectivity index (χ3v) is 12.1. The SMILES string of the molecule is CC(C)(C)[Si](C)(C)OCCC(O)C(Cc1ccc(Cl)cc1)C(=O)N1C(=O)OC[C@@H]1Cc1ccccc1. The number of carbonyl (C=O) groups excluding carboxylic acids is 2. The molecule has 1 N–H and O–H groups in total. The molecule has 8 heteroatoms. The van der Waals surface area contributed by atoms with Gasteiger partial charge in [-0.25, -0.2) is 9.69 Å². The van der Waals surface area contributed by atoms with Crippen LogP contribution in [0.4, 0.5) is 4.79 Å². The number of benzene rings is 2. The second kappa shape index (κ2) is 11.9. The summed E-state index contributed by atoms with van der Waals surface area (Å²) in [5.41, 5.74) is 1.87. The van der Waals surface area contributed by atoms with Crippen LogP contribution >= 0.6 is 11.6 Å². The Kier molecular flexibility index (Phi) is 9.38. The average Bonchev–Trinajstić information content (AvgIpc) is 3.17. The number of ether oxygens (including phenoxy) is 1. The standard InChI is InChI=1S/C28H38ClNO5Si/c1-28(2,3)36(4,5)35-16-15-25(31)24(18-21-11-13-22(29)14-12-21)26(32)30-23(19-34-27(30)33)17-20-9-7-6-8-10-20/h6-14,23-25,31H,15-19H2,1-5H3/t23-,24?,25?/m0/s1. The van der Waals surface area contributed by atoms with Crippen LogP contribution in [0.1, 0.15) is 38.3 Å². The second-order valence-electron chi connectivity index (χ2n) is 11.0. The van der Waals surface area contributed by atoms with E-state index in [0.717, 1.165) is 11.1 Å². The van der Waals surface area contributed by atoms with E-state index in [1.807, 2.05) is 42.5 Å². The number of rotatable bonds is 10. The summed E-state index contributed by atoms with van der Waals surface area (Å²) in [5.74, 6) is -1.24. The van der Waals surface area contributed by atoms with Gasteiger partial charge >= 0.3 is 6.09 Å². The van der Waals surface area contributed by atoms with Crippen molar-refractivity contribution in [3.8, 4) is 0 Å². The molecule has 3 rings (SSSR count). The number of carbonyl (C=O) groups is 2. The fourth-order valence-corrected chi connectivity index (χ4v) is 5.25. The summed E-state index contributed by atoms with van der Waals surface area (Å²) in [7, 11) is -2.00. The zero-order valence-electron chi connectivity index (χ0n) is 21.9. The molecule has 2 aromatic rings. The van der Waals surface area contributed by atoms with Crippen molar-refractivity contribution < 1.29 is 23.9 Å². The first-order chi connectivity index (χ1) is 16.9. The zero-order chi connectivity index (χ0) is 26.5. The Morgan fingerprint density at radius 3 is 2.39 bits per heavy atom. The van der Waals surface area contributed by atoms with Crippen LogP contribution in [0.15, 0.2) is 54.6 Å². The van der Waals surface area contributed by atoms with Gasteiger partial charge in [0.25, 0.3) is 0 Å². The number of aliphatic hydroxyl groups is 1. The normalized spacial score (nSPS) is 18.1. The van der Waals surface area contributed by atoms with Crippen LogP contribution in [0.3, 0.4) is 0 Å². The van der Waals surface area contributed by atoms with E-state index in [1.54, 1.807) is 12.1 Å². The number of amides is 2. The van der Waals surface area contributed by atoms with Gasteiger partial charge in [-0.1, -0.05) is 74.8 Å². The number of imide groups is 1. The molecule has 0 aromatic heterocycles. The number of halogens is 1. The second-order valence-corrected chi connectivity index (χ2v) is 16.3. The summed E-state index contributed by atoms with van der Waals surface area (Å²) in [6.07, 6.45) is -0.575. The van der Waals surface area contributed by atoms with Crippen LogP contribution in [0, 0.1) is 5.92 Å². The number of hydrogen-bond donors (Lipinski definition) is 1. The van der Waals surface area contributed by atoms with E-state index in [-0.39, 0.29) is 18.1 Å². The molecule has 1 aliphatic rings. The minimum Gasteiger partial charge on any atom is -0.447 e. The highest BCUT2D eigenvalue weighted by atomic mass is 35.5. The maximum Gasteiger partial charge on any atom is 0.416 e. The fraction of sp³-hybridized carbons (Fsp3) is 0.500. The lowest BCUT2D eigenvalue weighted by Gasteiger charge is -2.36. The molecule has 3 atom stereocenters. The van der Waals surface area contributed by atoms with E-state index in [4.69, 9.17) is 20.8 Å². The molecule has 2 aromatic carbocycles. The summed E-state index contributed by atoms with van der Waals surface area (Å²) in [6.45, 7) is 11.3. The molecular formula is C28H38ClNO5Si. The van der Waals surface area contributed by atoms with E-state index in [0.29, 0.717) is 24.5 Å². The lowest BCUT2D eigenvalue weighted by Crippen LogP contribution is -2.48. The van der Waals surface area contributed by atoms with Crippen molar-refractivity contribution in [3.05, 3.63) is 70.7 Å². The summed E-state index contributed by atoms with van der Waals surface area (Å²) in [5, 5.41) is 11.9. The summed E-state index contributed by atoms with van der Waals surface area (Å²) in [6, 6.07) is 16.5. The first-order valence-corrected chi connectivity index (χ1v) is 15.8. The summed E-state index contributed by atoms with van der Waals surface area (Å²) >= 11 is 6.04. The highest BCUT2D eigenvalue weighted by Crippen LogP contribution is 2.36. The van der Waals surface area contributed by atoms with E-state index in [2.05, 4.69) is 33.9 Å².